The molecule has 24 heavy (non-hydrogen) atoms. The summed E-state index contributed by atoms with van der Waals surface area (Å²) in [6, 6.07) is 4.40. The van der Waals surface area contributed by atoms with Crippen molar-refractivity contribution in [1.82, 2.24) is 4.31 Å². The molecule has 0 bridgehead atoms. The average Bonchev–Trinajstić information content (AvgIpc) is 3.18. The Morgan fingerprint density at radius 1 is 1.42 bits per heavy atom. The summed E-state index contributed by atoms with van der Waals surface area (Å²) >= 11 is 0. The van der Waals surface area contributed by atoms with Crippen LogP contribution < -0.4 is 5.32 Å². The maximum absolute atomic E-state index is 13.3. The standard InChI is InChI=1S/C17H23FN2O3S/c1-3-12-9-16(12)24(22,23)20-7-6-13(10-20)17(21)19-14-4-5-15(18)11(2)8-14/h4-5,8,12-13,16H,3,6-7,9-10H2,1-2H3,(H,19,21)/t12?,13-,16?/m0/s1. The van der Waals surface area contributed by atoms with E-state index in [2.05, 4.69) is 5.32 Å². The van der Waals surface area contributed by atoms with E-state index in [0.29, 0.717) is 24.2 Å². The van der Waals surface area contributed by atoms with E-state index in [1.165, 1.54) is 16.4 Å². The second-order valence-corrected chi connectivity index (χ2v) is 8.94. The van der Waals surface area contributed by atoms with Crippen LogP contribution in [0.5, 0.6) is 0 Å². The number of benzene rings is 1. The molecule has 0 spiro atoms. The molecule has 1 aliphatic carbocycles. The van der Waals surface area contributed by atoms with Gasteiger partial charge in [0.2, 0.25) is 15.9 Å². The highest BCUT2D eigenvalue weighted by atomic mass is 32.2. The molecule has 0 radical (unpaired) electrons. The zero-order valence-corrected chi connectivity index (χ0v) is 14.8. The Morgan fingerprint density at radius 3 is 2.79 bits per heavy atom. The van der Waals surface area contributed by atoms with Crippen LogP contribution in [0.1, 0.15) is 31.7 Å². The minimum atomic E-state index is -3.27. The van der Waals surface area contributed by atoms with Crippen molar-refractivity contribution in [2.45, 2.75) is 38.4 Å². The maximum atomic E-state index is 13.3. The zero-order chi connectivity index (χ0) is 17.5. The molecule has 3 rings (SSSR count). The Bertz CT molecular complexity index is 750. The van der Waals surface area contributed by atoms with E-state index in [-0.39, 0.29) is 35.4 Å². The number of aryl methyl sites for hydroxylation is 1. The predicted octanol–water partition coefficient (Wildman–Crippen LogP) is 2.52. The number of carbonyl (C=O) groups is 1. The number of sulfonamides is 1. The van der Waals surface area contributed by atoms with Crippen molar-refractivity contribution in [1.29, 1.82) is 0 Å². The Balaban J connectivity index is 1.61. The molecule has 1 saturated carbocycles. The smallest absolute Gasteiger partial charge is 0.228 e. The van der Waals surface area contributed by atoms with E-state index in [9.17, 15) is 17.6 Å². The third-order valence-corrected chi connectivity index (χ3v) is 7.47. The van der Waals surface area contributed by atoms with E-state index >= 15 is 0 Å². The van der Waals surface area contributed by atoms with Crippen molar-refractivity contribution in [3.05, 3.63) is 29.6 Å². The van der Waals surface area contributed by atoms with Gasteiger partial charge in [0, 0.05) is 18.8 Å². The highest BCUT2D eigenvalue weighted by Crippen LogP contribution is 2.42. The van der Waals surface area contributed by atoms with Gasteiger partial charge < -0.3 is 5.32 Å². The summed E-state index contributed by atoms with van der Waals surface area (Å²) in [7, 11) is -3.27. The molecule has 0 aromatic heterocycles. The van der Waals surface area contributed by atoms with Crippen molar-refractivity contribution in [3.8, 4) is 0 Å². The van der Waals surface area contributed by atoms with Gasteiger partial charge in [-0.1, -0.05) is 13.3 Å². The van der Waals surface area contributed by atoms with Crippen LogP contribution in [-0.4, -0.2) is 37.0 Å². The molecule has 1 saturated heterocycles. The number of rotatable bonds is 5. The number of anilines is 1. The van der Waals surface area contributed by atoms with Gasteiger partial charge >= 0.3 is 0 Å². The monoisotopic (exact) mass is 354 g/mol. The lowest BCUT2D eigenvalue weighted by Gasteiger charge is -2.16. The minimum Gasteiger partial charge on any atom is -0.326 e. The first-order chi connectivity index (χ1) is 11.3. The van der Waals surface area contributed by atoms with E-state index < -0.39 is 10.0 Å². The van der Waals surface area contributed by atoms with E-state index in [0.717, 1.165) is 12.8 Å². The van der Waals surface area contributed by atoms with E-state index in [4.69, 9.17) is 0 Å². The lowest BCUT2D eigenvalue weighted by Crippen LogP contribution is -2.34. The largest absolute Gasteiger partial charge is 0.326 e. The molecule has 132 valence electrons. The van der Waals surface area contributed by atoms with Gasteiger partial charge in [0.1, 0.15) is 5.82 Å². The first-order valence-corrected chi connectivity index (χ1v) is 9.89. The normalized spacial score (nSPS) is 27.2. The van der Waals surface area contributed by atoms with E-state index in [1.54, 1.807) is 13.0 Å². The molecular weight excluding hydrogens is 331 g/mol. The third kappa shape index (κ3) is 3.32. The number of nitrogens with zero attached hydrogens (tertiary/aromatic N) is 1. The molecule has 1 aromatic carbocycles. The highest BCUT2D eigenvalue weighted by molar-refractivity contribution is 7.90. The lowest BCUT2D eigenvalue weighted by atomic mass is 10.1. The lowest BCUT2D eigenvalue weighted by molar-refractivity contribution is -0.119. The van der Waals surface area contributed by atoms with Crippen molar-refractivity contribution < 1.29 is 17.6 Å². The second-order valence-electron chi connectivity index (χ2n) is 6.78. The molecule has 3 atom stereocenters. The van der Waals surface area contributed by atoms with Gasteiger partial charge in [-0.3, -0.25) is 4.79 Å². The molecule has 7 heteroatoms. The van der Waals surface area contributed by atoms with Crippen LogP contribution in [0.3, 0.4) is 0 Å². The average molecular weight is 354 g/mol. The Hall–Kier alpha value is -1.47. The summed E-state index contributed by atoms with van der Waals surface area (Å²) in [5.41, 5.74) is 0.996. The molecular formula is C17H23FN2O3S. The maximum Gasteiger partial charge on any atom is 0.228 e. The van der Waals surface area contributed by atoms with Crippen LogP contribution in [0, 0.1) is 24.6 Å². The summed E-state index contributed by atoms with van der Waals surface area (Å²) in [4.78, 5) is 12.4. The van der Waals surface area contributed by atoms with Gasteiger partial charge in [-0.15, -0.1) is 0 Å². The van der Waals surface area contributed by atoms with Gasteiger partial charge in [0.05, 0.1) is 11.2 Å². The molecule has 2 fully saturated rings. The number of amides is 1. The van der Waals surface area contributed by atoms with Crippen molar-refractivity contribution in [3.63, 3.8) is 0 Å². The van der Waals surface area contributed by atoms with Crippen molar-refractivity contribution in [2.75, 3.05) is 18.4 Å². The quantitative estimate of drug-likeness (QED) is 0.884. The molecule has 1 aliphatic heterocycles. The molecule has 1 N–H and O–H groups in total. The number of halogens is 1. The van der Waals surface area contributed by atoms with Gasteiger partial charge in [0.15, 0.2) is 0 Å². The summed E-state index contributed by atoms with van der Waals surface area (Å²) < 4.78 is 39.8. The first-order valence-electron chi connectivity index (χ1n) is 8.39. The highest BCUT2D eigenvalue weighted by Gasteiger charge is 2.50. The fourth-order valence-electron chi connectivity index (χ4n) is 3.35. The van der Waals surface area contributed by atoms with Crippen LogP contribution >= 0.6 is 0 Å². The topological polar surface area (TPSA) is 66.5 Å². The van der Waals surface area contributed by atoms with Gasteiger partial charge in [-0.05, 0) is 49.4 Å². The van der Waals surface area contributed by atoms with Crippen LogP contribution in [0.2, 0.25) is 0 Å². The van der Waals surface area contributed by atoms with Crippen molar-refractivity contribution in [2.24, 2.45) is 11.8 Å². The van der Waals surface area contributed by atoms with Crippen LogP contribution in [0.4, 0.5) is 10.1 Å². The zero-order valence-electron chi connectivity index (χ0n) is 14.0. The van der Waals surface area contributed by atoms with Gasteiger partial charge in [-0.2, -0.15) is 0 Å². The molecule has 5 nitrogen and oxygen atoms in total. The SMILES string of the molecule is CCC1CC1S(=O)(=O)N1CC[C@H](C(=O)Nc2ccc(F)c(C)c2)C1. The summed E-state index contributed by atoms with van der Waals surface area (Å²) in [5.74, 6) is -0.614. The number of hydrogen-bond donors (Lipinski definition) is 1. The predicted molar refractivity (Wildman–Crippen MR) is 90.6 cm³/mol. The number of hydrogen-bond acceptors (Lipinski definition) is 3. The summed E-state index contributed by atoms with van der Waals surface area (Å²) in [5, 5.41) is 2.50. The second kappa shape index (κ2) is 6.44. The minimum absolute atomic E-state index is 0.207. The molecule has 2 aliphatic rings. The fourth-order valence-corrected chi connectivity index (χ4v) is 5.65. The van der Waals surface area contributed by atoms with E-state index in [1.807, 2.05) is 6.92 Å². The number of nitrogens with one attached hydrogen (secondary N) is 1. The third-order valence-electron chi connectivity index (χ3n) is 5.07. The van der Waals surface area contributed by atoms with Crippen LogP contribution in [0.15, 0.2) is 18.2 Å². The van der Waals surface area contributed by atoms with Gasteiger partial charge in [-0.25, -0.2) is 17.1 Å². The Morgan fingerprint density at radius 2 is 2.17 bits per heavy atom. The fraction of sp³-hybridized carbons (Fsp3) is 0.588. The summed E-state index contributed by atoms with van der Waals surface area (Å²) in [6.45, 7) is 4.27. The van der Waals surface area contributed by atoms with Gasteiger partial charge in [0.25, 0.3) is 0 Å². The molecule has 1 amide bonds. The Labute approximate surface area is 142 Å². The summed E-state index contributed by atoms with van der Waals surface area (Å²) in [6.07, 6.45) is 2.14. The Kier molecular flexibility index (Phi) is 4.66. The van der Waals surface area contributed by atoms with Crippen LogP contribution in [-0.2, 0) is 14.8 Å². The first kappa shape index (κ1) is 17.4. The molecule has 2 unspecified atom stereocenters. The van der Waals surface area contributed by atoms with Crippen molar-refractivity contribution >= 4 is 21.6 Å². The number of carbonyl (C=O) groups excluding carboxylic acids is 1. The molecule has 1 aromatic rings. The van der Waals surface area contributed by atoms with Crippen LogP contribution in [0.25, 0.3) is 0 Å². The molecule has 1 heterocycles.